The molecule has 5 N–H and O–H groups in total. The van der Waals surface area contributed by atoms with Crippen LogP contribution >= 0.6 is 131 Å². The molecule has 95 heavy (non-hydrogen) atoms. The van der Waals surface area contributed by atoms with E-state index in [1.54, 1.807) is 59.5 Å². The molecule has 3 amide bonds. The number of pyridine rings is 4. The van der Waals surface area contributed by atoms with Crippen LogP contribution in [0.15, 0.2) is 79.9 Å². The van der Waals surface area contributed by atoms with Gasteiger partial charge in [0, 0.05) is 99.7 Å². The second-order valence-corrected chi connectivity index (χ2v) is 63.4. The molecule has 4 aliphatic heterocycles. The van der Waals surface area contributed by atoms with Crippen molar-refractivity contribution in [3.05, 3.63) is 119 Å². The molecule has 0 unspecified atom stereocenters. The van der Waals surface area contributed by atoms with E-state index in [1.807, 2.05) is 111 Å². The summed E-state index contributed by atoms with van der Waals surface area (Å²) in [6, 6.07) is 7.87. The average molecular weight is 1900 g/mol. The van der Waals surface area contributed by atoms with E-state index in [0.29, 0.717) is 80.0 Å². The van der Waals surface area contributed by atoms with E-state index in [2.05, 4.69) is 147 Å². The number of nitrogen functional groups attached to an aromatic ring is 2. The van der Waals surface area contributed by atoms with Gasteiger partial charge in [-0.15, -0.1) is 24.8 Å². The zero-order valence-corrected chi connectivity index (χ0v) is 71.3. The van der Waals surface area contributed by atoms with Crippen molar-refractivity contribution in [3.8, 4) is 0 Å². The molecule has 27 heteroatoms. The van der Waals surface area contributed by atoms with Gasteiger partial charge in [0.2, 0.25) is 0 Å². The normalized spacial score (nSPS) is 14.6. The number of ether oxygens (including phenoxy) is 4. The van der Waals surface area contributed by atoms with E-state index >= 15 is 0 Å². The van der Waals surface area contributed by atoms with Crippen molar-refractivity contribution in [1.82, 2.24) is 40.0 Å². The summed E-state index contributed by atoms with van der Waals surface area (Å²) in [4.78, 5) is 67.2. The van der Waals surface area contributed by atoms with Crippen LogP contribution in [-0.2, 0) is 28.7 Å². The molecule has 8 rings (SSSR count). The monoisotopic (exact) mass is 1900 g/mol. The van der Waals surface area contributed by atoms with Crippen LogP contribution in [0.4, 0.5) is 25.8 Å². The number of piperidine rings is 3. The fourth-order valence-corrected chi connectivity index (χ4v) is 9.23. The molecule has 0 saturated carbocycles. The topological polar surface area (TPSA) is 231 Å². The van der Waals surface area contributed by atoms with E-state index in [0.717, 1.165) is 70.8 Å². The number of aromatic nitrogens is 4. The number of carbonyl (C=O) groups is 4. The molecule has 0 radical (unpaired) electrons. The van der Waals surface area contributed by atoms with Crippen LogP contribution in [0.2, 0.25) is 10.0 Å². The third-order valence-corrected chi connectivity index (χ3v) is 13.0. The summed E-state index contributed by atoms with van der Waals surface area (Å²) in [5.74, 6) is 1.27. The van der Waals surface area contributed by atoms with Crippen molar-refractivity contribution in [2.24, 2.45) is 0 Å². The van der Waals surface area contributed by atoms with E-state index < -0.39 is 16.8 Å². The summed E-state index contributed by atoms with van der Waals surface area (Å²) in [7, 11) is 0. The van der Waals surface area contributed by atoms with Crippen LogP contribution < -0.4 is 16.8 Å². The van der Waals surface area contributed by atoms with Crippen LogP contribution in [0.1, 0.15) is 210 Å². The Morgan fingerprint density at radius 3 is 1.22 bits per heavy atom. The Bertz CT molecular complexity index is 2650. The maximum absolute atomic E-state index is 12.0. The number of nitrogens with one attached hydrogen (secondary N) is 1. The molecule has 3 fully saturated rings. The fourth-order valence-electron chi connectivity index (χ4n) is 8.86. The van der Waals surface area contributed by atoms with Gasteiger partial charge in [0.05, 0.1) is 28.0 Å². The predicted octanol–water partition coefficient (Wildman–Crippen LogP) is 20.3. The van der Waals surface area contributed by atoms with Gasteiger partial charge < -0.3 is 57.4 Å². The Kier molecular flexibility index (Phi) is 57.0. The van der Waals surface area contributed by atoms with Gasteiger partial charge in [-0.2, -0.15) is 6.92 Å². The van der Waals surface area contributed by atoms with Gasteiger partial charge in [-0.3, -0.25) is 24.7 Å². The van der Waals surface area contributed by atoms with Crippen molar-refractivity contribution in [3.63, 3.8) is 0 Å². The number of hydrogen-bond acceptors (Lipinski definition) is 15. The summed E-state index contributed by atoms with van der Waals surface area (Å²) in [6.45, 7) is 40.4. The third kappa shape index (κ3) is 49.9. The minimum absolute atomic E-state index is 0. The van der Waals surface area contributed by atoms with Crippen LogP contribution in [0.25, 0.3) is 5.57 Å². The number of anilines is 2. The van der Waals surface area contributed by atoms with Crippen molar-refractivity contribution >= 4 is 172 Å². The molecule has 0 atom stereocenters. The Morgan fingerprint density at radius 2 is 0.926 bits per heavy atom. The van der Waals surface area contributed by atoms with Gasteiger partial charge in [0.25, 0.3) is 0 Å². The van der Waals surface area contributed by atoms with Crippen LogP contribution in [0.3, 0.4) is 0 Å². The Morgan fingerprint density at radius 1 is 0.600 bits per heavy atom. The Labute approximate surface area is 645 Å². The number of hydrogen-bond donors (Lipinski definition) is 3. The quantitative estimate of drug-likeness (QED) is 0.0555. The Balaban J connectivity index is -0.000000530. The molecule has 18 nitrogen and oxygen atoms in total. The Hall–Kier alpha value is -2.16. The summed E-state index contributed by atoms with van der Waals surface area (Å²) in [6.07, 6.45) is 23.5. The van der Waals surface area contributed by atoms with Gasteiger partial charge in [-0.25, -0.2) is 14.4 Å². The fraction of sp³-hybridized carbons (Fsp3) is 0.603. The van der Waals surface area contributed by atoms with E-state index in [9.17, 15) is 19.2 Å². The molecule has 544 valence electrons. The summed E-state index contributed by atoms with van der Waals surface area (Å²) >= 11 is 21.6. The molecular weight excluding hydrogens is 1790 g/mol. The molecule has 4 aromatic rings. The first kappa shape index (κ1) is 99.2. The third-order valence-electron chi connectivity index (χ3n) is 12.6. The van der Waals surface area contributed by atoms with Gasteiger partial charge in [0.15, 0.2) is 0 Å². The predicted molar refractivity (Wildman–Crippen MR) is 432 cm³/mol. The molecule has 0 spiro atoms. The zero-order valence-electron chi connectivity index (χ0n) is 58.1. The van der Waals surface area contributed by atoms with E-state index in [1.165, 1.54) is 37.3 Å². The first-order chi connectivity index (χ1) is 43.1. The van der Waals surface area contributed by atoms with Gasteiger partial charge >= 0.3 is 89.1 Å². The van der Waals surface area contributed by atoms with Crippen LogP contribution in [0.5, 0.6) is 0 Å². The first-order valence-electron chi connectivity index (χ1n) is 31.3. The number of nitrogens with zero attached hydrogens (tertiary/aromatic N) is 7. The number of rotatable bonds is 5. The minimum atomic E-state index is -0.459. The van der Waals surface area contributed by atoms with E-state index in [4.69, 9.17) is 48.9 Å². The van der Waals surface area contributed by atoms with Crippen LogP contribution in [-0.4, -0.2) is 139 Å². The molecule has 4 aromatic heterocycles. The standard InChI is InChI=1S/C15H21ClN2O2.C15H23N3O2.C15H21N3O2.C10H13ClN2.C4H8O2.C3H7I.C3H8.C2H5.CH4.2ClH.3HI.V/c3*1-15(2,3)20-14(19)18-6-4-11(5-7-18)12-8-13(16)10-17-9-12;11-10-5-9(6-13-7-10)8-1-3-12-4-2-8;1-3-6-4(2)5;1-3(2)4;1-3-2;1-2;;;;;;;/h8-11H,4-7H2,1-3H3;8-11H,4-7,16H2,1-3H3;4,8-10H,5-7,16H2,1-3H3;5-8,12H,1-4H2;3H2,1-2H3;3H,1-2H3;3H2,1-2H3;1H2,2H3;1H4;5*1H;/q;;;;;;;-1;;;;;;;+3/p-3. The summed E-state index contributed by atoms with van der Waals surface area (Å²) in [5, 5.41) is 4.76. The average Bonchev–Trinajstić information content (AvgIpc) is 0.890. The number of halogens is 8. The van der Waals surface area contributed by atoms with E-state index in [-0.39, 0.29) is 61.4 Å². The summed E-state index contributed by atoms with van der Waals surface area (Å²) < 4.78 is 21.4. The van der Waals surface area contributed by atoms with Crippen LogP contribution in [0, 0.1) is 6.92 Å². The zero-order chi connectivity index (χ0) is 70.2. The molecule has 0 bridgehead atoms. The number of nitrogens with two attached hydrogens (primary N) is 2. The second kappa shape index (κ2) is 54.6. The molecule has 3 saturated heterocycles. The number of likely N-dealkylation sites (tertiary alicyclic amines) is 2. The maximum atomic E-state index is 12.0. The van der Waals surface area contributed by atoms with Crippen molar-refractivity contribution in [2.75, 3.05) is 70.4 Å². The molecule has 4 aliphatic rings. The van der Waals surface area contributed by atoms with Gasteiger partial charge in [-0.1, -0.05) is 93.4 Å². The van der Waals surface area contributed by atoms with Crippen molar-refractivity contribution < 1.29 is 43.0 Å². The SMILES string of the molecule is C.CC(C)(C)OC(=O)N1CC=C(c2cncc(N)c2)CC1.CC(C)(C)OC(=O)N1CCC(c2cncc(Cl)c2)CC1.CC(C)(C)OC(=O)N1CCC(c2cncc(N)c2)CC1.CC(C)I.CCC.CCOC(C)=O.Cl.Cl.Clc1cncc(C2CCNCC2)c1.[CH2-]C.[I][V]([I])[I]. The number of esters is 1. The number of amides is 3. The molecule has 0 aromatic carbocycles. The number of carbonyl (C=O) groups excluding carboxylic acids is 4. The van der Waals surface area contributed by atoms with Crippen molar-refractivity contribution in [1.29, 1.82) is 0 Å². The first-order valence-corrected chi connectivity index (χ1v) is 46.8. The van der Waals surface area contributed by atoms with Gasteiger partial charge in [-0.05, 0) is 197 Å². The molecule has 8 heterocycles. The second-order valence-electron chi connectivity index (χ2n) is 24.7. The summed E-state index contributed by atoms with van der Waals surface area (Å²) in [5.41, 5.74) is 17.3. The molecule has 0 aliphatic carbocycles. The van der Waals surface area contributed by atoms with Crippen molar-refractivity contribution in [2.45, 2.75) is 208 Å². The van der Waals surface area contributed by atoms with Gasteiger partial charge in [0.1, 0.15) is 16.8 Å². The number of alkyl halides is 1. The molecular formula is C68H112Cl4I4N10O8V-.